The molecule has 0 aliphatic carbocycles. The fraction of sp³-hybridized carbons (Fsp3) is 0.111. The molecule has 90 valence electrons. The highest BCUT2D eigenvalue weighted by Crippen LogP contribution is 2.19. The van der Waals surface area contributed by atoms with Gasteiger partial charge >= 0.3 is 0 Å². The minimum Gasteiger partial charge on any atom is -0.284 e. The summed E-state index contributed by atoms with van der Waals surface area (Å²) in [6, 6.07) is 1.64. The summed E-state index contributed by atoms with van der Waals surface area (Å²) in [5.74, 6) is 0.270. The average molecular weight is 317 g/mol. The molecule has 0 saturated heterocycles. The topological polar surface area (TPSA) is 87.7 Å². The zero-order chi connectivity index (χ0) is 12.5. The van der Waals surface area contributed by atoms with Crippen LogP contribution in [-0.4, -0.2) is 23.6 Å². The highest BCUT2D eigenvalue weighted by atomic mass is 79.9. The van der Waals surface area contributed by atoms with E-state index in [2.05, 4.69) is 35.8 Å². The zero-order valence-electron chi connectivity index (χ0n) is 8.81. The van der Waals surface area contributed by atoms with Crippen LogP contribution >= 0.6 is 15.9 Å². The first kappa shape index (κ1) is 12.1. The van der Waals surface area contributed by atoms with Crippen molar-refractivity contribution in [3.8, 4) is 0 Å². The lowest BCUT2D eigenvalue weighted by atomic mass is 10.3. The molecule has 2 heterocycles. The van der Waals surface area contributed by atoms with Gasteiger partial charge in [0.15, 0.2) is 0 Å². The Morgan fingerprint density at radius 3 is 2.76 bits per heavy atom. The van der Waals surface area contributed by atoms with Crippen molar-refractivity contribution in [2.24, 2.45) is 0 Å². The van der Waals surface area contributed by atoms with E-state index < -0.39 is 10.0 Å². The monoisotopic (exact) mass is 316 g/mol. The smallest absolute Gasteiger partial charge is 0.266 e. The van der Waals surface area contributed by atoms with Crippen LogP contribution in [0, 0.1) is 6.92 Å². The van der Waals surface area contributed by atoms with E-state index in [1.807, 2.05) is 6.92 Å². The summed E-state index contributed by atoms with van der Waals surface area (Å²) in [5.41, 5.74) is 0.893. The zero-order valence-corrected chi connectivity index (χ0v) is 11.2. The van der Waals surface area contributed by atoms with Gasteiger partial charge in [0, 0.05) is 16.9 Å². The van der Waals surface area contributed by atoms with Crippen molar-refractivity contribution in [3.05, 3.63) is 34.7 Å². The average Bonchev–Trinajstić information content (AvgIpc) is 2.77. The Bertz CT molecular complexity index is 624. The Hall–Kier alpha value is -1.41. The van der Waals surface area contributed by atoms with Gasteiger partial charge in [0.05, 0.1) is 6.20 Å². The van der Waals surface area contributed by atoms with E-state index in [-0.39, 0.29) is 10.7 Å². The first-order chi connectivity index (χ1) is 7.99. The van der Waals surface area contributed by atoms with Crippen molar-refractivity contribution >= 4 is 31.8 Å². The molecule has 2 aromatic rings. The third-order valence-corrected chi connectivity index (χ3v) is 4.22. The summed E-state index contributed by atoms with van der Waals surface area (Å²) in [5, 5.41) is 6.03. The Labute approximate surface area is 107 Å². The number of rotatable bonds is 3. The van der Waals surface area contributed by atoms with Crippen molar-refractivity contribution in [1.82, 2.24) is 15.2 Å². The number of aromatic nitrogens is 3. The van der Waals surface area contributed by atoms with Crippen LogP contribution in [0.5, 0.6) is 0 Å². The maximum atomic E-state index is 11.8. The third kappa shape index (κ3) is 2.64. The van der Waals surface area contributed by atoms with Gasteiger partial charge in [0.25, 0.3) is 10.0 Å². The minimum absolute atomic E-state index is 0.0693. The molecule has 0 aliphatic rings. The first-order valence-corrected chi connectivity index (χ1v) is 6.90. The number of nitrogens with zero attached hydrogens (tertiary/aromatic N) is 2. The predicted molar refractivity (Wildman–Crippen MR) is 66.1 cm³/mol. The summed E-state index contributed by atoms with van der Waals surface area (Å²) >= 11 is 3.29. The number of aromatic amines is 1. The number of hydrogen-bond donors (Lipinski definition) is 2. The van der Waals surface area contributed by atoms with Gasteiger partial charge in [0.2, 0.25) is 0 Å². The van der Waals surface area contributed by atoms with Crippen LogP contribution in [0.15, 0.2) is 34.0 Å². The van der Waals surface area contributed by atoms with Gasteiger partial charge in [-0.2, -0.15) is 5.10 Å². The molecule has 2 aromatic heterocycles. The summed E-state index contributed by atoms with van der Waals surface area (Å²) in [4.78, 5) is 4.04. The van der Waals surface area contributed by atoms with E-state index in [9.17, 15) is 8.42 Å². The quantitative estimate of drug-likeness (QED) is 0.901. The second-order valence-electron chi connectivity index (χ2n) is 3.36. The highest BCUT2D eigenvalue weighted by Gasteiger charge is 2.16. The van der Waals surface area contributed by atoms with Crippen LogP contribution in [0.1, 0.15) is 5.56 Å². The van der Waals surface area contributed by atoms with Crippen LogP contribution in [0.3, 0.4) is 0 Å². The summed E-state index contributed by atoms with van der Waals surface area (Å²) in [7, 11) is -3.62. The number of H-pyrrole nitrogens is 1. The van der Waals surface area contributed by atoms with Gasteiger partial charge in [-0.15, -0.1) is 0 Å². The lowest BCUT2D eigenvalue weighted by Gasteiger charge is -2.06. The fourth-order valence-electron chi connectivity index (χ4n) is 1.18. The van der Waals surface area contributed by atoms with Gasteiger partial charge in [-0.1, -0.05) is 0 Å². The van der Waals surface area contributed by atoms with Gasteiger partial charge in [0.1, 0.15) is 10.7 Å². The molecule has 0 amide bonds. The SMILES string of the molecule is Cc1cc(NS(=O)(=O)c2cn[nH]c2)ncc1Br. The summed E-state index contributed by atoms with van der Waals surface area (Å²) < 4.78 is 26.9. The second-order valence-corrected chi connectivity index (χ2v) is 5.89. The molecular formula is C9H9BrN4O2S. The standard InChI is InChI=1S/C9H9BrN4O2S/c1-6-2-9(11-5-8(6)10)14-17(15,16)7-3-12-13-4-7/h2-5H,1H3,(H,11,14)(H,12,13). The van der Waals surface area contributed by atoms with Crippen molar-refractivity contribution in [2.45, 2.75) is 11.8 Å². The molecule has 0 aliphatic heterocycles. The number of anilines is 1. The van der Waals surface area contributed by atoms with Crippen molar-refractivity contribution in [1.29, 1.82) is 0 Å². The molecule has 0 spiro atoms. The summed E-state index contributed by atoms with van der Waals surface area (Å²) in [6.07, 6.45) is 4.07. The predicted octanol–water partition coefficient (Wildman–Crippen LogP) is 1.68. The van der Waals surface area contributed by atoms with Gasteiger partial charge < -0.3 is 0 Å². The minimum atomic E-state index is -3.62. The van der Waals surface area contributed by atoms with E-state index in [0.29, 0.717) is 0 Å². The van der Waals surface area contributed by atoms with E-state index in [4.69, 9.17) is 0 Å². The Morgan fingerprint density at radius 1 is 1.41 bits per heavy atom. The van der Waals surface area contributed by atoms with Crippen LogP contribution in [0.4, 0.5) is 5.82 Å². The maximum Gasteiger partial charge on any atom is 0.266 e. The molecule has 8 heteroatoms. The van der Waals surface area contributed by atoms with Gasteiger partial charge in [-0.25, -0.2) is 13.4 Å². The first-order valence-electron chi connectivity index (χ1n) is 4.63. The van der Waals surface area contributed by atoms with Crippen LogP contribution in [-0.2, 0) is 10.0 Å². The van der Waals surface area contributed by atoms with E-state index in [0.717, 1.165) is 10.0 Å². The Kier molecular flexibility index (Phi) is 3.16. The normalized spacial score (nSPS) is 11.4. The molecule has 2 rings (SSSR count). The molecule has 0 saturated carbocycles. The number of halogens is 1. The van der Waals surface area contributed by atoms with E-state index in [1.165, 1.54) is 12.4 Å². The number of hydrogen-bond acceptors (Lipinski definition) is 4. The van der Waals surface area contributed by atoms with Crippen LogP contribution in [0.2, 0.25) is 0 Å². The molecule has 0 atom stereocenters. The fourth-order valence-corrected chi connectivity index (χ4v) is 2.30. The summed E-state index contributed by atoms with van der Waals surface area (Å²) in [6.45, 7) is 1.85. The lowest BCUT2D eigenvalue weighted by Crippen LogP contribution is -2.13. The molecule has 6 nitrogen and oxygen atoms in total. The van der Waals surface area contributed by atoms with E-state index >= 15 is 0 Å². The van der Waals surface area contributed by atoms with Crippen molar-refractivity contribution in [2.75, 3.05) is 4.72 Å². The molecular weight excluding hydrogens is 308 g/mol. The second kappa shape index (κ2) is 4.46. The largest absolute Gasteiger partial charge is 0.284 e. The Morgan fingerprint density at radius 2 is 2.18 bits per heavy atom. The number of aryl methyl sites for hydroxylation is 1. The molecule has 0 fully saturated rings. The van der Waals surface area contributed by atoms with Gasteiger partial charge in [-0.3, -0.25) is 9.82 Å². The Balaban J connectivity index is 2.30. The van der Waals surface area contributed by atoms with Crippen LogP contribution < -0.4 is 4.72 Å². The number of nitrogens with one attached hydrogen (secondary N) is 2. The molecule has 0 aromatic carbocycles. The molecule has 0 unspecified atom stereocenters. The maximum absolute atomic E-state index is 11.8. The molecule has 0 radical (unpaired) electrons. The van der Waals surface area contributed by atoms with Crippen molar-refractivity contribution < 1.29 is 8.42 Å². The lowest BCUT2D eigenvalue weighted by molar-refractivity contribution is 0.601. The van der Waals surface area contributed by atoms with Crippen molar-refractivity contribution in [3.63, 3.8) is 0 Å². The third-order valence-electron chi connectivity index (χ3n) is 2.07. The molecule has 17 heavy (non-hydrogen) atoms. The van der Waals surface area contributed by atoms with Crippen LogP contribution in [0.25, 0.3) is 0 Å². The van der Waals surface area contributed by atoms with E-state index in [1.54, 1.807) is 12.3 Å². The number of sulfonamides is 1. The highest BCUT2D eigenvalue weighted by molar-refractivity contribution is 9.10. The molecule has 0 bridgehead atoms. The number of pyridine rings is 1. The van der Waals surface area contributed by atoms with Gasteiger partial charge in [-0.05, 0) is 34.5 Å². The molecule has 2 N–H and O–H groups in total.